The molecule has 0 fully saturated rings. The Balaban J connectivity index is 0.000000212. The van der Waals surface area contributed by atoms with Crippen molar-refractivity contribution in [2.24, 2.45) is 0 Å². The van der Waals surface area contributed by atoms with Gasteiger partial charge in [0.1, 0.15) is 0 Å². The molecule has 0 heteroatoms. The van der Waals surface area contributed by atoms with Crippen molar-refractivity contribution in [3.63, 3.8) is 0 Å². The van der Waals surface area contributed by atoms with E-state index in [2.05, 4.69) is 103 Å². The number of hydrogen-bond donors (Lipinski definition) is 0. The van der Waals surface area contributed by atoms with Crippen molar-refractivity contribution in [3.05, 3.63) is 93.5 Å². The summed E-state index contributed by atoms with van der Waals surface area (Å²) >= 11 is 0. The molecule has 0 saturated carbocycles. The van der Waals surface area contributed by atoms with Crippen molar-refractivity contribution < 1.29 is 0 Å². The minimum Gasteiger partial charge on any atom is -0.0590 e. The highest BCUT2D eigenvalue weighted by Gasteiger charge is 2.01. The maximum Gasteiger partial charge on any atom is -0.0181 e. The Hall–Kier alpha value is -2.34. The van der Waals surface area contributed by atoms with Crippen molar-refractivity contribution >= 4 is 0 Å². The summed E-state index contributed by atoms with van der Waals surface area (Å²) < 4.78 is 0. The fourth-order valence-electron chi connectivity index (χ4n) is 2.73. The summed E-state index contributed by atoms with van der Waals surface area (Å²) in [4.78, 5) is 0. The van der Waals surface area contributed by atoms with Crippen LogP contribution in [0.25, 0.3) is 11.1 Å². The lowest BCUT2D eigenvalue weighted by atomic mass is 9.98. The Kier molecular flexibility index (Phi) is 6.20. The van der Waals surface area contributed by atoms with Gasteiger partial charge < -0.3 is 0 Å². The molecule has 3 aromatic rings. The van der Waals surface area contributed by atoms with Gasteiger partial charge in [-0.2, -0.15) is 0 Å². The highest BCUT2D eigenvalue weighted by atomic mass is 14.1. The number of aryl methyl sites for hydroxylation is 7. The average Bonchev–Trinajstić information content (AvgIpc) is 2.57. The molecule has 0 saturated heterocycles. The molecule has 0 aliphatic heterocycles. The first kappa shape index (κ1) is 19.0. The van der Waals surface area contributed by atoms with E-state index in [4.69, 9.17) is 0 Å². The highest BCUT2D eigenvalue weighted by Crippen LogP contribution is 2.24. The summed E-state index contributed by atoms with van der Waals surface area (Å²) in [6.07, 6.45) is 0. The third-order valence-electron chi connectivity index (χ3n) is 5.01. The van der Waals surface area contributed by atoms with E-state index in [0.717, 1.165) is 0 Å². The third kappa shape index (κ3) is 5.06. The van der Waals surface area contributed by atoms with Crippen molar-refractivity contribution in [1.29, 1.82) is 0 Å². The molecule has 0 heterocycles. The van der Waals surface area contributed by atoms with Gasteiger partial charge in [-0.15, -0.1) is 0 Å². The van der Waals surface area contributed by atoms with Gasteiger partial charge in [0.2, 0.25) is 0 Å². The van der Waals surface area contributed by atoms with Crippen LogP contribution >= 0.6 is 0 Å². The highest BCUT2D eigenvalue weighted by molar-refractivity contribution is 5.66. The van der Waals surface area contributed by atoms with Gasteiger partial charge in [-0.1, -0.05) is 60.2 Å². The van der Waals surface area contributed by atoms with Crippen LogP contribution in [0.5, 0.6) is 0 Å². The molecule has 0 atom stereocenters. The smallest absolute Gasteiger partial charge is 0.0181 e. The Morgan fingerprint density at radius 1 is 0.360 bits per heavy atom. The largest absolute Gasteiger partial charge is 0.0590 e. The van der Waals surface area contributed by atoms with Crippen LogP contribution in [0.1, 0.15) is 38.9 Å². The zero-order chi connectivity index (χ0) is 18.6. The molecule has 0 aromatic heterocycles. The van der Waals surface area contributed by atoms with E-state index in [0.29, 0.717) is 0 Å². The fourth-order valence-corrected chi connectivity index (χ4v) is 2.73. The van der Waals surface area contributed by atoms with Crippen LogP contribution < -0.4 is 0 Å². The van der Waals surface area contributed by atoms with Gasteiger partial charge in [0, 0.05) is 0 Å². The second kappa shape index (κ2) is 8.16. The zero-order valence-electron chi connectivity index (χ0n) is 16.7. The quantitative estimate of drug-likeness (QED) is 0.442. The van der Waals surface area contributed by atoms with Crippen molar-refractivity contribution in [1.82, 2.24) is 0 Å². The Morgan fingerprint density at radius 3 is 1.04 bits per heavy atom. The van der Waals surface area contributed by atoms with E-state index < -0.39 is 0 Å². The average molecular weight is 331 g/mol. The maximum absolute atomic E-state index is 2.26. The fraction of sp³-hybridized carbons (Fsp3) is 0.280. The third-order valence-corrected chi connectivity index (χ3v) is 5.01. The topological polar surface area (TPSA) is 0 Å². The molecular weight excluding hydrogens is 300 g/mol. The SMILES string of the molecule is Cc1ccc(-c2ccc(C)c(C)c2)cc1C.Cc1ccc(C)c(C)c1. The number of hydrogen-bond acceptors (Lipinski definition) is 0. The monoisotopic (exact) mass is 330 g/mol. The van der Waals surface area contributed by atoms with Crippen molar-refractivity contribution in [2.45, 2.75) is 48.5 Å². The molecule has 0 N–H and O–H groups in total. The van der Waals surface area contributed by atoms with Gasteiger partial charge >= 0.3 is 0 Å². The molecular formula is C25H30. The van der Waals surface area contributed by atoms with Gasteiger partial charge in [0.25, 0.3) is 0 Å². The zero-order valence-corrected chi connectivity index (χ0v) is 16.7. The standard InChI is InChI=1S/C16H18.C9H12/c1-11-5-7-15(9-13(11)3)16-8-6-12(2)14(4)10-16;1-7-4-5-8(2)9(3)6-7/h5-10H,1-4H3;4-6H,1-3H3. The van der Waals surface area contributed by atoms with E-state index in [1.807, 2.05) is 0 Å². The lowest BCUT2D eigenvalue weighted by Gasteiger charge is -2.08. The van der Waals surface area contributed by atoms with Crippen LogP contribution in [0, 0.1) is 48.5 Å². The Morgan fingerprint density at radius 2 is 0.720 bits per heavy atom. The van der Waals surface area contributed by atoms with E-state index in [9.17, 15) is 0 Å². The van der Waals surface area contributed by atoms with Gasteiger partial charge in [-0.3, -0.25) is 0 Å². The van der Waals surface area contributed by atoms with E-state index in [1.165, 1.54) is 50.1 Å². The normalized spacial score (nSPS) is 10.2. The Labute approximate surface area is 153 Å². The minimum atomic E-state index is 1.31. The van der Waals surface area contributed by atoms with Crippen LogP contribution in [0.15, 0.2) is 54.6 Å². The van der Waals surface area contributed by atoms with Crippen LogP contribution in [-0.2, 0) is 0 Å². The number of rotatable bonds is 1. The van der Waals surface area contributed by atoms with Crippen molar-refractivity contribution in [2.75, 3.05) is 0 Å². The van der Waals surface area contributed by atoms with Crippen LogP contribution in [-0.4, -0.2) is 0 Å². The summed E-state index contributed by atoms with van der Waals surface area (Å²) in [7, 11) is 0. The second-order valence-corrected chi connectivity index (χ2v) is 7.19. The number of benzene rings is 3. The van der Waals surface area contributed by atoms with Crippen molar-refractivity contribution in [3.8, 4) is 11.1 Å². The van der Waals surface area contributed by atoms with Crippen LogP contribution in [0.4, 0.5) is 0 Å². The lowest BCUT2D eigenvalue weighted by Crippen LogP contribution is -1.86. The molecule has 0 amide bonds. The van der Waals surface area contributed by atoms with Gasteiger partial charge in [0.15, 0.2) is 0 Å². The summed E-state index contributed by atoms with van der Waals surface area (Å²) in [5, 5.41) is 0. The molecule has 0 radical (unpaired) electrons. The van der Waals surface area contributed by atoms with Gasteiger partial charge in [0.05, 0.1) is 0 Å². The minimum absolute atomic E-state index is 1.31. The summed E-state index contributed by atoms with van der Waals surface area (Å²) in [5.74, 6) is 0. The Bertz CT molecular complexity index is 820. The van der Waals surface area contributed by atoms with Crippen LogP contribution in [0.3, 0.4) is 0 Å². The first-order valence-electron chi connectivity index (χ1n) is 8.96. The molecule has 25 heavy (non-hydrogen) atoms. The summed E-state index contributed by atoms with van der Waals surface area (Å²) in [5.41, 5.74) is 12.2. The molecule has 3 aromatic carbocycles. The molecule has 0 unspecified atom stereocenters. The molecule has 130 valence electrons. The molecule has 0 bridgehead atoms. The predicted octanol–water partition coefficient (Wildman–Crippen LogP) is 7.20. The van der Waals surface area contributed by atoms with E-state index in [-0.39, 0.29) is 0 Å². The van der Waals surface area contributed by atoms with E-state index in [1.54, 1.807) is 0 Å². The van der Waals surface area contributed by atoms with E-state index >= 15 is 0 Å². The molecule has 0 spiro atoms. The summed E-state index contributed by atoms with van der Waals surface area (Å²) in [6.45, 7) is 15.0. The first-order chi connectivity index (χ1) is 11.8. The van der Waals surface area contributed by atoms with Gasteiger partial charge in [-0.25, -0.2) is 0 Å². The summed E-state index contributed by atoms with van der Waals surface area (Å²) in [6, 6.07) is 19.8. The molecule has 0 aliphatic rings. The molecule has 0 nitrogen and oxygen atoms in total. The predicted molar refractivity (Wildman–Crippen MR) is 111 cm³/mol. The van der Waals surface area contributed by atoms with Crippen LogP contribution in [0.2, 0.25) is 0 Å². The maximum atomic E-state index is 2.26. The lowest BCUT2D eigenvalue weighted by molar-refractivity contribution is 1.30. The second-order valence-electron chi connectivity index (χ2n) is 7.19. The molecule has 3 rings (SSSR count). The molecule has 0 aliphatic carbocycles. The first-order valence-corrected chi connectivity index (χ1v) is 8.96. The van der Waals surface area contributed by atoms with Gasteiger partial charge in [-0.05, 0) is 93.0 Å².